The summed E-state index contributed by atoms with van der Waals surface area (Å²) in [6.45, 7) is 4.55. The standard InChI is InChI=1S/C14H23N3O2/c1-10-11(7-15-2)5-6-14(16-10)17-8-12(18-3)13(9-17)19-4/h5-6,12-13,15H,7-9H2,1-4H3. The second-order valence-electron chi connectivity index (χ2n) is 4.90. The largest absolute Gasteiger partial charge is 0.377 e. The summed E-state index contributed by atoms with van der Waals surface area (Å²) < 4.78 is 10.9. The maximum atomic E-state index is 5.45. The second kappa shape index (κ2) is 6.32. The van der Waals surface area contributed by atoms with Crippen LogP contribution < -0.4 is 10.2 Å². The third-order valence-corrected chi connectivity index (χ3v) is 3.69. The van der Waals surface area contributed by atoms with Crippen LogP contribution in [-0.4, -0.2) is 51.5 Å². The van der Waals surface area contributed by atoms with Gasteiger partial charge in [0.05, 0.1) is 0 Å². The second-order valence-corrected chi connectivity index (χ2v) is 4.90. The quantitative estimate of drug-likeness (QED) is 0.859. The molecule has 19 heavy (non-hydrogen) atoms. The number of aryl methyl sites for hydroxylation is 1. The summed E-state index contributed by atoms with van der Waals surface area (Å²) in [4.78, 5) is 6.91. The minimum Gasteiger partial charge on any atom is -0.377 e. The zero-order valence-corrected chi connectivity index (χ0v) is 12.1. The molecule has 1 saturated heterocycles. The van der Waals surface area contributed by atoms with Gasteiger partial charge in [-0.1, -0.05) is 6.07 Å². The number of methoxy groups -OCH3 is 2. The first-order chi connectivity index (χ1) is 9.19. The van der Waals surface area contributed by atoms with E-state index in [0.29, 0.717) is 0 Å². The number of ether oxygens (including phenoxy) is 2. The van der Waals surface area contributed by atoms with Gasteiger partial charge in [-0.2, -0.15) is 0 Å². The lowest BCUT2D eigenvalue weighted by Gasteiger charge is -2.18. The summed E-state index contributed by atoms with van der Waals surface area (Å²) in [7, 11) is 5.41. The fourth-order valence-corrected chi connectivity index (χ4v) is 2.51. The number of nitrogens with one attached hydrogen (secondary N) is 1. The van der Waals surface area contributed by atoms with E-state index >= 15 is 0 Å². The van der Waals surface area contributed by atoms with Gasteiger partial charge in [0.15, 0.2) is 0 Å². The van der Waals surface area contributed by atoms with Crippen LogP contribution in [0.5, 0.6) is 0 Å². The highest BCUT2D eigenvalue weighted by Gasteiger charge is 2.33. The maximum Gasteiger partial charge on any atom is 0.128 e. The van der Waals surface area contributed by atoms with Crippen molar-refractivity contribution in [3.05, 3.63) is 23.4 Å². The monoisotopic (exact) mass is 265 g/mol. The zero-order valence-electron chi connectivity index (χ0n) is 12.1. The van der Waals surface area contributed by atoms with Crippen molar-refractivity contribution in [1.82, 2.24) is 10.3 Å². The molecule has 1 fully saturated rings. The van der Waals surface area contributed by atoms with Gasteiger partial charge in [-0.05, 0) is 25.6 Å². The van der Waals surface area contributed by atoms with Gasteiger partial charge in [0, 0.05) is 39.5 Å². The number of anilines is 1. The van der Waals surface area contributed by atoms with Crippen LogP contribution >= 0.6 is 0 Å². The summed E-state index contributed by atoms with van der Waals surface area (Å²) in [6, 6.07) is 4.21. The molecule has 2 rings (SSSR count). The normalized spacial score (nSPS) is 23.1. The van der Waals surface area contributed by atoms with Crippen LogP contribution in [0, 0.1) is 6.92 Å². The molecule has 0 amide bonds. The van der Waals surface area contributed by atoms with Gasteiger partial charge in [-0.25, -0.2) is 4.98 Å². The van der Waals surface area contributed by atoms with Gasteiger partial charge in [0.1, 0.15) is 18.0 Å². The first-order valence-corrected chi connectivity index (χ1v) is 6.61. The van der Waals surface area contributed by atoms with Crippen molar-refractivity contribution in [2.45, 2.75) is 25.7 Å². The number of hydrogen-bond acceptors (Lipinski definition) is 5. The number of rotatable bonds is 5. The smallest absolute Gasteiger partial charge is 0.128 e. The Morgan fingerprint density at radius 1 is 1.26 bits per heavy atom. The Morgan fingerprint density at radius 2 is 1.89 bits per heavy atom. The predicted octanol–water partition coefficient (Wildman–Crippen LogP) is 0.959. The van der Waals surface area contributed by atoms with Crippen molar-refractivity contribution in [2.24, 2.45) is 0 Å². The minimum absolute atomic E-state index is 0.115. The van der Waals surface area contributed by atoms with Gasteiger partial charge in [-0.3, -0.25) is 0 Å². The van der Waals surface area contributed by atoms with E-state index in [1.165, 1.54) is 5.56 Å². The van der Waals surface area contributed by atoms with Crippen LogP contribution in [0.25, 0.3) is 0 Å². The van der Waals surface area contributed by atoms with E-state index in [9.17, 15) is 0 Å². The van der Waals surface area contributed by atoms with Crippen molar-refractivity contribution in [2.75, 3.05) is 39.3 Å². The molecule has 0 bridgehead atoms. The first-order valence-electron chi connectivity index (χ1n) is 6.61. The summed E-state index contributed by atoms with van der Waals surface area (Å²) in [5.41, 5.74) is 2.30. The van der Waals surface area contributed by atoms with Crippen molar-refractivity contribution in [3.8, 4) is 0 Å². The van der Waals surface area contributed by atoms with E-state index in [1.54, 1.807) is 14.2 Å². The molecule has 0 aromatic carbocycles. The fourth-order valence-electron chi connectivity index (χ4n) is 2.51. The minimum atomic E-state index is 0.115. The molecule has 2 atom stereocenters. The number of aromatic nitrogens is 1. The van der Waals surface area contributed by atoms with E-state index in [1.807, 2.05) is 14.0 Å². The Bertz CT molecular complexity index is 413. The highest BCUT2D eigenvalue weighted by atomic mass is 16.5. The Morgan fingerprint density at radius 3 is 2.37 bits per heavy atom. The van der Waals surface area contributed by atoms with E-state index in [0.717, 1.165) is 31.1 Å². The van der Waals surface area contributed by atoms with Crippen LogP contribution in [0.4, 0.5) is 5.82 Å². The van der Waals surface area contributed by atoms with Crippen molar-refractivity contribution in [3.63, 3.8) is 0 Å². The van der Waals surface area contributed by atoms with Crippen molar-refractivity contribution < 1.29 is 9.47 Å². The predicted molar refractivity (Wildman–Crippen MR) is 75.5 cm³/mol. The molecule has 0 saturated carbocycles. The Hall–Kier alpha value is -1.17. The summed E-state index contributed by atoms with van der Waals surface area (Å²) >= 11 is 0. The molecule has 5 nitrogen and oxygen atoms in total. The van der Waals surface area contributed by atoms with E-state index in [-0.39, 0.29) is 12.2 Å². The van der Waals surface area contributed by atoms with Crippen LogP contribution in [-0.2, 0) is 16.0 Å². The van der Waals surface area contributed by atoms with Gasteiger partial charge >= 0.3 is 0 Å². The lowest BCUT2D eigenvalue weighted by Crippen LogP contribution is -2.27. The number of hydrogen-bond donors (Lipinski definition) is 1. The average Bonchev–Trinajstić information content (AvgIpc) is 2.84. The lowest BCUT2D eigenvalue weighted by molar-refractivity contribution is -0.00461. The Kier molecular flexibility index (Phi) is 4.74. The molecule has 2 heterocycles. The SMILES string of the molecule is CNCc1ccc(N2CC(OC)C(OC)C2)nc1C. The lowest BCUT2D eigenvalue weighted by atomic mass is 10.2. The topological polar surface area (TPSA) is 46.6 Å². The molecule has 0 aliphatic carbocycles. The van der Waals surface area contributed by atoms with E-state index in [4.69, 9.17) is 9.47 Å². The van der Waals surface area contributed by atoms with Gasteiger partial charge in [0.2, 0.25) is 0 Å². The van der Waals surface area contributed by atoms with Gasteiger partial charge < -0.3 is 19.7 Å². The third-order valence-electron chi connectivity index (χ3n) is 3.69. The summed E-state index contributed by atoms with van der Waals surface area (Å²) in [5.74, 6) is 0.999. The molecule has 1 aliphatic rings. The van der Waals surface area contributed by atoms with Gasteiger partial charge in [0.25, 0.3) is 0 Å². The zero-order chi connectivity index (χ0) is 13.8. The van der Waals surface area contributed by atoms with Crippen molar-refractivity contribution in [1.29, 1.82) is 0 Å². The van der Waals surface area contributed by atoms with Gasteiger partial charge in [-0.15, -0.1) is 0 Å². The molecular weight excluding hydrogens is 242 g/mol. The Balaban J connectivity index is 2.13. The van der Waals surface area contributed by atoms with Crippen LogP contribution in [0.2, 0.25) is 0 Å². The van der Waals surface area contributed by atoms with Crippen molar-refractivity contribution >= 4 is 5.82 Å². The number of nitrogens with zero attached hydrogens (tertiary/aromatic N) is 2. The molecular formula is C14H23N3O2. The first kappa shape index (κ1) is 14.2. The molecule has 1 aromatic rings. The molecule has 1 N–H and O–H groups in total. The molecule has 0 radical (unpaired) electrons. The third kappa shape index (κ3) is 3.05. The molecule has 106 valence electrons. The van der Waals surface area contributed by atoms with Crippen LogP contribution in [0.15, 0.2) is 12.1 Å². The highest BCUT2D eigenvalue weighted by molar-refractivity contribution is 5.43. The van der Waals surface area contributed by atoms with Crippen LogP contribution in [0.3, 0.4) is 0 Å². The van der Waals surface area contributed by atoms with E-state index < -0.39 is 0 Å². The van der Waals surface area contributed by atoms with E-state index in [2.05, 4.69) is 27.3 Å². The molecule has 0 spiro atoms. The van der Waals surface area contributed by atoms with Crippen LogP contribution in [0.1, 0.15) is 11.3 Å². The Labute approximate surface area is 114 Å². The number of pyridine rings is 1. The fraction of sp³-hybridized carbons (Fsp3) is 0.643. The summed E-state index contributed by atoms with van der Waals surface area (Å²) in [6.07, 6.45) is 0.230. The maximum absolute atomic E-state index is 5.45. The molecule has 1 aliphatic heterocycles. The highest BCUT2D eigenvalue weighted by Crippen LogP contribution is 2.22. The summed E-state index contributed by atoms with van der Waals surface area (Å²) in [5, 5.41) is 3.15. The average molecular weight is 265 g/mol. The molecule has 5 heteroatoms. The molecule has 2 unspecified atom stereocenters. The molecule has 1 aromatic heterocycles.